The van der Waals surface area contributed by atoms with E-state index in [1.165, 1.54) is 77.2 Å². The molecule has 0 unspecified atom stereocenters. The standard InChI is InChI=1S/C40H27N/c1-2-10-26(11-3-1)38-32-15-6-7-16-33(32)39(35-25-41-21-20-34(35)38)27-18-19-31-30-14-8-9-17-36(30)40(37(31)22-27)23-28-12-4-5-13-29(28)24-40/h1-22,25H,23-24H2. The van der Waals surface area contributed by atoms with Gasteiger partial charge in [0.1, 0.15) is 0 Å². The molecule has 0 saturated carbocycles. The minimum absolute atomic E-state index is 0.0283. The number of hydrogen-bond acceptors (Lipinski definition) is 1. The lowest BCUT2D eigenvalue weighted by atomic mass is 9.75. The van der Waals surface area contributed by atoms with Crippen LogP contribution in [-0.4, -0.2) is 4.98 Å². The van der Waals surface area contributed by atoms with Gasteiger partial charge in [-0.25, -0.2) is 0 Å². The zero-order valence-corrected chi connectivity index (χ0v) is 22.6. The first-order valence-corrected chi connectivity index (χ1v) is 14.5. The van der Waals surface area contributed by atoms with E-state index in [-0.39, 0.29) is 5.41 Å². The van der Waals surface area contributed by atoms with Gasteiger partial charge in [-0.3, -0.25) is 4.98 Å². The third-order valence-corrected chi connectivity index (χ3v) is 9.55. The average Bonchev–Trinajstić information content (AvgIpc) is 3.56. The highest BCUT2D eigenvalue weighted by Crippen LogP contribution is 2.56. The molecule has 1 spiro atoms. The van der Waals surface area contributed by atoms with Crippen molar-refractivity contribution in [2.75, 3.05) is 0 Å². The van der Waals surface area contributed by atoms with Crippen molar-refractivity contribution in [2.45, 2.75) is 18.3 Å². The zero-order chi connectivity index (χ0) is 27.0. The largest absolute Gasteiger partial charge is 0.264 e. The third kappa shape index (κ3) is 3.15. The number of pyridine rings is 1. The van der Waals surface area contributed by atoms with E-state index in [9.17, 15) is 0 Å². The zero-order valence-electron chi connectivity index (χ0n) is 22.6. The maximum absolute atomic E-state index is 4.64. The predicted molar refractivity (Wildman–Crippen MR) is 170 cm³/mol. The summed E-state index contributed by atoms with van der Waals surface area (Å²) >= 11 is 0. The highest BCUT2D eigenvalue weighted by molar-refractivity contribution is 6.21. The van der Waals surface area contributed by atoms with Crippen LogP contribution in [0, 0.1) is 0 Å². The van der Waals surface area contributed by atoms with Crippen molar-refractivity contribution >= 4 is 21.5 Å². The first-order valence-electron chi connectivity index (χ1n) is 14.5. The van der Waals surface area contributed by atoms with Crippen molar-refractivity contribution in [3.8, 4) is 33.4 Å². The summed E-state index contributed by atoms with van der Waals surface area (Å²) in [6.07, 6.45) is 6.09. The number of benzene rings is 6. The van der Waals surface area contributed by atoms with Crippen molar-refractivity contribution in [3.63, 3.8) is 0 Å². The molecule has 7 aromatic rings. The number of rotatable bonds is 2. The van der Waals surface area contributed by atoms with Crippen molar-refractivity contribution in [2.24, 2.45) is 0 Å². The van der Waals surface area contributed by atoms with E-state index in [1.807, 2.05) is 6.20 Å². The molecule has 6 aromatic carbocycles. The quantitative estimate of drug-likeness (QED) is 0.206. The number of fused-ring (bicyclic) bond motifs is 8. The molecule has 41 heavy (non-hydrogen) atoms. The summed E-state index contributed by atoms with van der Waals surface area (Å²) in [4.78, 5) is 4.64. The van der Waals surface area contributed by atoms with Gasteiger partial charge >= 0.3 is 0 Å². The van der Waals surface area contributed by atoms with Crippen LogP contribution in [0.1, 0.15) is 22.3 Å². The monoisotopic (exact) mass is 521 g/mol. The van der Waals surface area contributed by atoms with Gasteiger partial charge in [0.2, 0.25) is 0 Å². The molecule has 0 atom stereocenters. The van der Waals surface area contributed by atoms with E-state index >= 15 is 0 Å². The molecule has 0 radical (unpaired) electrons. The normalized spacial score (nSPS) is 14.3. The lowest BCUT2D eigenvalue weighted by Crippen LogP contribution is -2.25. The molecule has 0 fully saturated rings. The molecular weight excluding hydrogens is 494 g/mol. The summed E-state index contributed by atoms with van der Waals surface area (Å²) in [5.41, 5.74) is 13.7. The van der Waals surface area contributed by atoms with Gasteiger partial charge in [-0.1, -0.05) is 115 Å². The fraction of sp³-hybridized carbons (Fsp3) is 0.0750. The van der Waals surface area contributed by atoms with Gasteiger partial charge in [0.05, 0.1) is 0 Å². The molecule has 2 aliphatic carbocycles. The first kappa shape index (κ1) is 22.8. The van der Waals surface area contributed by atoms with Crippen LogP contribution in [0.4, 0.5) is 0 Å². The van der Waals surface area contributed by atoms with Crippen LogP contribution >= 0.6 is 0 Å². The van der Waals surface area contributed by atoms with Gasteiger partial charge in [0.15, 0.2) is 0 Å². The van der Waals surface area contributed by atoms with Crippen molar-refractivity contribution in [1.82, 2.24) is 4.98 Å². The van der Waals surface area contributed by atoms with Crippen LogP contribution in [0.25, 0.3) is 54.9 Å². The molecule has 0 bridgehead atoms. The summed E-state index contributed by atoms with van der Waals surface area (Å²) in [6.45, 7) is 0. The fourth-order valence-electron chi connectivity index (χ4n) is 7.85. The second-order valence-electron chi connectivity index (χ2n) is 11.6. The third-order valence-electron chi connectivity index (χ3n) is 9.55. The van der Waals surface area contributed by atoms with E-state index in [0.717, 1.165) is 12.8 Å². The van der Waals surface area contributed by atoms with Gasteiger partial charge in [0, 0.05) is 23.2 Å². The molecular formula is C40H27N. The molecule has 0 saturated heterocycles. The van der Waals surface area contributed by atoms with Crippen LogP contribution in [0.3, 0.4) is 0 Å². The lowest BCUT2D eigenvalue weighted by molar-refractivity contribution is 0.564. The van der Waals surface area contributed by atoms with Gasteiger partial charge < -0.3 is 0 Å². The Balaban J connectivity index is 1.34. The van der Waals surface area contributed by atoms with Crippen LogP contribution in [0.2, 0.25) is 0 Å². The molecule has 1 heterocycles. The van der Waals surface area contributed by atoms with Crippen LogP contribution in [0.15, 0.2) is 140 Å². The SMILES string of the molecule is c1ccc(-c2c3ccccc3c(-c3ccc4c(c3)C3(Cc5ccccc5C3)c3ccccc3-4)c3cnccc23)cc1. The minimum Gasteiger partial charge on any atom is -0.264 e. The average molecular weight is 522 g/mol. The number of nitrogens with zero attached hydrogens (tertiary/aromatic N) is 1. The van der Waals surface area contributed by atoms with Gasteiger partial charge in [0.25, 0.3) is 0 Å². The Morgan fingerprint density at radius 3 is 1.85 bits per heavy atom. The van der Waals surface area contributed by atoms with E-state index in [0.29, 0.717) is 0 Å². The minimum atomic E-state index is -0.0283. The molecule has 192 valence electrons. The molecule has 1 aromatic heterocycles. The summed E-state index contributed by atoms with van der Waals surface area (Å²) in [7, 11) is 0. The molecule has 0 aliphatic heterocycles. The highest BCUT2D eigenvalue weighted by atomic mass is 14.6. The fourth-order valence-corrected chi connectivity index (χ4v) is 7.85. The molecule has 0 amide bonds. The van der Waals surface area contributed by atoms with Crippen molar-refractivity contribution in [1.29, 1.82) is 0 Å². The van der Waals surface area contributed by atoms with E-state index < -0.39 is 0 Å². The Labute approximate surface area is 239 Å². The molecule has 9 rings (SSSR count). The molecule has 1 heteroatoms. The molecule has 0 N–H and O–H groups in total. The number of aromatic nitrogens is 1. The van der Waals surface area contributed by atoms with E-state index in [4.69, 9.17) is 0 Å². The van der Waals surface area contributed by atoms with E-state index in [1.54, 1.807) is 0 Å². The van der Waals surface area contributed by atoms with Gasteiger partial charge in [-0.2, -0.15) is 0 Å². The first-order chi connectivity index (χ1) is 20.3. The highest BCUT2D eigenvalue weighted by Gasteiger charge is 2.47. The Kier molecular flexibility index (Phi) is 4.72. The maximum Gasteiger partial charge on any atom is 0.0353 e. The predicted octanol–water partition coefficient (Wildman–Crippen LogP) is 9.79. The van der Waals surface area contributed by atoms with Crippen molar-refractivity contribution < 1.29 is 0 Å². The summed E-state index contributed by atoms with van der Waals surface area (Å²) in [5.74, 6) is 0. The van der Waals surface area contributed by atoms with Crippen LogP contribution < -0.4 is 0 Å². The summed E-state index contributed by atoms with van der Waals surface area (Å²) in [6, 6.07) is 47.2. The van der Waals surface area contributed by atoms with Crippen LogP contribution in [0.5, 0.6) is 0 Å². The molecule has 2 aliphatic rings. The summed E-state index contributed by atoms with van der Waals surface area (Å²) in [5, 5.41) is 4.99. The molecule has 1 nitrogen and oxygen atoms in total. The van der Waals surface area contributed by atoms with Gasteiger partial charge in [-0.05, 0) is 96.8 Å². The second kappa shape index (κ2) is 8.49. The van der Waals surface area contributed by atoms with Crippen molar-refractivity contribution in [3.05, 3.63) is 162 Å². The van der Waals surface area contributed by atoms with Crippen LogP contribution in [-0.2, 0) is 18.3 Å². The topological polar surface area (TPSA) is 12.9 Å². The number of hydrogen-bond donors (Lipinski definition) is 0. The maximum atomic E-state index is 4.64. The summed E-state index contributed by atoms with van der Waals surface area (Å²) < 4.78 is 0. The second-order valence-corrected chi connectivity index (χ2v) is 11.6. The Morgan fingerprint density at radius 2 is 1.07 bits per heavy atom. The smallest absolute Gasteiger partial charge is 0.0353 e. The lowest BCUT2D eigenvalue weighted by Gasteiger charge is -2.27. The Morgan fingerprint density at radius 1 is 0.463 bits per heavy atom. The van der Waals surface area contributed by atoms with E-state index in [2.05, 4.69) is 139 Å². The van der Waals surface area contributed by atoms with Gasteiger partial charge in [-0.15, -0.1) is 0 Å². The Hall–Kier alpha value is -5.01. The Bertz CT molecular complexity index is 2070.